The van der Waals surface area contributed by atoms with Crippen molar-refractivity contribution in [1.82, 2.24) is 5.32 Å². The fourth-order valence-electron chi connectivity index (χ4n) is 3.08. The highest BCUT2D eigenvalue weighted by Crippen LogP contribution is 2.42. The average Bonchev–Trinajstić information content (AvgIpc) is 2.72. The largest absolute Gasteiger partial charge is 0.461 e. The van der Waals surface area contributed by atoms with Crippen molar-refractivity contribution in [3.05, 3.63) is 65.2 Å². The minimum atomic E-state index is -0.807. The highest BCUT2D eigenvalue weighted by Gasteiger charge is 2.33. The van der Waals surface area contributed by atoms with Gasteiger partial charge in [-0.2, -0.15) is 0 Å². The van der Waals surface area contributed by atoms with E-state index >= 15 is 0 Å². The molecule has 1 aromatic carbocycles. The Morgan fingerprint density at radius 2 is 1.72 bits per heavy atom. The van der Waals surface area contributed by atoms with Crippen molar-refractivity contribution in [3.8, 4) is 0 Å². The van der Waals surface area contributed by atoms with Crippen molar-refractivity contribution in [2.75, 3.05) is 6.61 Å². The van der Waals surface area contributed by atoms with Crippen LogP contribution in [0, 0.1) is 20.2 Å². The predicted molar refractivity (Wildman–Crippen MR) is 104 cm³/mol. The van der Waals surface area contributed by atoms with Crippen molar-refractivity contribution in [3.63, 3.8) is 0 Å². The number of nitro benzene ring substituents is 2. The highest BCUT2D eigenvalue weighted by atomic mass is 32.2. The third kappa shape index (κ3) is 4.29. The number of benzene rings is 1. The predicted octanol–water partition coefficient (Wildman–Crippen LogP) is 3.58. The molecule has 1 aliphatic carbocycles. The van der Waals surface area contributed by atoms with Crippen LogP contribution < -0.4 is 5.32 Å². The van der Waals surface area contributed by atoms with Crippen LogP contribution in [-0.2, 0) is 9.53 Å². The van der Waals surface area contributed by atoms with E-state index in [4.69, 9.17) is 4.74 Å². The van der Waals surface area contributed by atoms with Gasteiger partial charge in [0.2, 0.25) is 5.78 Å². The molecule has 29 heavy (non-hydrogen) atoms. The van der Waals surface area contributed by atoms with Gasteiger partial charge in [-0.25, -0.2) is 4.79 Å². The summed E-state index contributed by atoms with van der Waals surface area (Å²) in [5.74, 6) is -1.44. The summed E-state index contributed by atoms with van der Waals surface area (Å²) in [5.41, 5.74) is -0.584. The Morgan fingerprint density at radius 3 is 2.31 bits per heavy atom. The van der Waals surface area contributed by atoms with Crippen molar-refractivity contribution < 1.29 is 24.2 Å². The maximum Gasteiger partial charge on any atom is 0.356 e. The van der Waals surface area contributed by atoms with Crippen molar-refractivity contribution in [2.24, 2.45) is 0 Å². The number of thioether (sulfide) groups is 1. The second-order valence-corrected chi connectivity index (χ2v) is 7.45. The molecule has 2 aliphatic rings. The second kappa shape index (κ2) is 8.43. The minimum Gasteiger partial charge on any atom is -0.461 e. The number of ketones is 1. The van der Waals surface area contributed by atoms with Gasteiger partial charge in [0.05, 0.1) is 27.4 Å². The van der Waals surface area contributed by atoms with E-state index in [-0.39, 0.29) is 22.8 Å². The van der Waals surface area contributed by atoms with E-state index in [9.17, 15) is 29.8 Å². The Morgan fingerprint density at radius 1 is 1.10 bits per heavy atom. The van der Waals surface area contributed by atoms with Crippen LogP contribution in [0.2, 0.25) is 0 Å². The van der Waals surface area contributed by atoms with E-state index in [1.807, 2.05) is 0 Å². The lowest BCUT2D eigenvalue weighted by molar-refractivity contribution is -0.394. The number of carbonyl (C=O) groups excluding carboxylic acids is 2. The Kier molecular flexibility index (Phi) is 5.97. The molecule has 0 saturated heterocycles. The van der Waals surface area contributed by atoms with Crippen LogP contribution in [0.15, 0.2) is 39.4 Å². The zero-order chi connectivity index (χ0) is 21.1. The normalized spacial score (nSPS) is 16.0. The molecule has 1 aliphatic heterocycles. The lowest BCUT2D eigenvalue weighted by atomic mass is 10.0. The quantitative estimate of drug-likeness (QED) is 0.317. The number of allylic oxidation sites excluding steroid dienone is 3. The number of rotatable bonds is 6. The molecule has 1 N–H and O–H groups in total. The summed E-state index contributed by atoms with van der Waals surface area (Å²) >= 11 is 1.12. The molecule has 1 heterocycles. The van der Waals surface area contributed by atoms with Gasteiger partial charge >= 0.3 is 5.97 Å². The molecule has 152 valence electrons. The number of carbonyl (C=O) groups is 2. The highest BCUT2D eigenvalue weighted by molar-refractivity contribution is 8.07. The molecular weight excluding hydrogens is 402 g/mol. The number of nitrogens with one attached hydrogen (secondary N) is 1. The Balaban J connectivity index is 2.07. The van der Waals surface area contributed by atoms with Crippen LogP contribution in [0.4, 0.5) is 11.4 Å². The van der Waals surface area contributed by atoms with Crippen LogP contribution in [0.25, 0.3) is 0 Å². The maximum absolute atomic E-state index is 13.1. The second-order valence-electron chi connectivity index (χ2n) is 6.34. The Hall–Kier alpha value is -3.21. The zero-order valence-corrected chi connectivity index (χ0v) is 16.2. The number of ether oxygens (including phenoxy) is 1. The summed E-state index contributed by atoms with van der Waals surface area (Å²) in [6.07, 6.45) is 3.35. The molecule has 3 rings (SSSR count). The molecule has 0 amide bonds. The third-order valence-corrected chi connectivity index (χ3v) is 5.71. The fourth-order valence-corrected chi connectivity index (χ4v) is 4.30. The van der Waals surface area contributed by atoms with Gasteiger partial charge in [0.15, 0.2) is 0 Å². The molecule has 10 nitrogen and oxygen atoms in total. The molecule has 0 atom stereocenters. The van der Waals surface area contributed by atoms with Crippen LogP contribution in [0.5, 0.6) is 0 Å². The van der Waals surface area contributed by atoms with Gasteiger partial charge in [-0.05, 0) is 32.6 Å². The molecule has 1 aromatic rings. The van der Waals surface area contributed by atoms with Crippen LogP contribution in [0.1, 0.15) is 43.0 Å². The number of Topliss-reactive ketones (excluding diaryl/α,β-unsaturated/α-hetero) is 1. The average molecular weight is 419 g/mol. The lowest BCUT2D eigenvalue weighted by Gasteiger charge is -2.28. The van der Waals surface area contributed by atoms with E-state index in [0.717, 1.165) is 66.2 Å². The molecule has 0 bridgehead atoms. The van der Waals surface area contributed by atoms with Crippen molar-refractivity contribution in [1.29, 1.82) is 0 Å². The SMILES string of the molecule is CCOC(=O)C1=C(C(=O)c2cc([N+](=O)[O-])cc([N+](=O)[O-])c2)SC2=C(CCCC2)N1. The van der Waals surface area contributed by atoms with Gasteiger partial charge in [0.25, 0.3) is 11.4 Å². The molecule has 0 saturated carbocycles. The van der Waals surface area contributed by atoms with E-state index in [1.54, 1.807) is 6.92 Å². The first kappa shape index (κ1) is 20.5. The first-order valence-electron chi connectivity index (χ1n) is 8.88. The molecule has 0 spiro atoms. The van der Waals surface area contributed by atoms with Gasteiger partial charge < -0.3 is 10.1 Å². The van der Waals surface area contributed by atoms with Crippen molar-refractivity contribution in [2.45, 2.75) is 32.6 Å². The number of hydrogen-bond donors (Lipinski definition) is 1. The number of non-ortho nitro benzene ring substituents is 2. The Labute approximate surface area is 169 Å². The molecule has 11 heteroatoms. The van der Waals surface area contributed by atoms with E-state index in [1.165, 1.54) is 0 Å². The monoisotopic (exact) mass is 419 g/mol. The first-order chi connectivity index (χ1) is 13.8. The summed E-state index contributed by atoms with van der Waals surface area (Å²) in [7, 11) is 0. The minimum absolute atomic E-state index is 0.0129. The van der Waals surface area contributed by atoms with E-state index in [2.05, 4.69) is 5.32 Å². The van der Waals surface area contributed by atoms with Crippen LogP contribution in [-0.4, -0.2) is 28.2 Å². The van der Waals surface area contributed by atoms with E-state index in [0.29, 0.717) is 0 Å². The van der Waals surface area contributed by atoms with Crippen LogP contribution >= 0.6 is 11.8 Å². The van der Waals surface area contributed by atoms with Gasteiger partial charge in [-0.15, -0.1) is 0 Å². The summed E-state index contributed by atoms with van der Waals surface area (Å²) in [6, 6.07) is 2.72. The molecule has 0 fully saturated rings. The molecule has 0 aromatic heterocycles. The fraction of sp³-hybridized carbons (Fsp3) is 0.333. The maximum atomic E-state index is 13.1. The van der Waals surface area contributed by atoms with Gasteiger partial charge in [-0.3, -0.25) is 25.0 Å². The first-order valence-corrected chi connectivity index (χ1v) is 9.70. The molecule has 0 radical (unpaired) electrons. The van der Waals surface area contributed by atoms with Gasteiger partial charge in [-0.1, -0.05) is 11.8 Å². The number of nitro groups is 2. The summed E-state index contributed by atoms with van der Waals surface area (Å²) in [6.45, 7) is 1.73. The summed E-state index contributed by atoms with van der Waals surface area (Å²) in [5, 5.41) is 25.3. The van der Waals surface area contributed by atoms with Gasteiger partial charge in [0, 0.05) is 28.3 Å². The number of hydrogen-bond acceptors (Lipinski definition) is 9. The lowest BCUT2D eigenvalue weighted by Crippen LogP contribution is -2.30. The third-order valence-electron chi connectivity index (χ3n) is 4.42. The number of esters is 1. The Bertz CT molecular complexity index is 951. The summed E-state index contributed by atoms with van der Waals surface area (Å²) < 4.78 is 5.04. The smallest absolute Gasteiger partial charge is 0.356 e. The standard InChI is InChI=1S/C18H17N3O7S/c1-2-28-18(23)15-17(29-14-6-4-3-5-13(14)19-15)16(22)10-7-11(20(24)25)9-12(8-10)21(26)27/h7-9,19H,2-6H2,1H3. The number of nitrogens with zero attached hydrogens (tertiary/aromatic N) is 2. The zero-order valence-electron chi connectivity index (χ0n) is 15.4. The van der Waals surface area contributed by atoms with Gasteiger partial charge in [0.1, 0.15) is 5.70 Å². The molecular formula is C18H17N3O7S. The molecule has 0 unspecified atom stereocenters. The van der Waals surface area contributed by atoms with E-state index < -0.39 is 33.0 Å². The summed E-state index contributed by atoms with van der Waals surface area (Å²) in [4.78, 5) is 47.1. The van der Waals surface area contributed by atoms with Crippen LogP contribution in [0.3, 0.4) is 0 Å². The van der Waals surface area contributed by atoms with Crippen molar-refractivity contribution >= 4 is 34.9 Å². The topological polar surface area (TPSA) is 142 Å².